The van der Waals surface area contributed by atoms with Crippen molar-refractivity contribution in [3.63, 3.8) is 0 Å². The van der Waals surface area contributed by atoms with Crippen LogP contribution in [0.4, 0.5) is 5.69 Å². The van der Waals surface area contributed by atoms with Gasteiger partial charge in [0.25, 0.3) is 5.91 Å². The number of nitrogens with zero attached hydrogens (tertiary/aromatic N) is 1. The molecule has 0 aromatic heterocycles. The number of carbonyl (C=O) groups is 1. The summed E-state index contributed by atoms with van der Waals surface area (Å²) < 4.78 is 5.59. The Kier molecular flexibility index (Phi) is 2.64. The van der Waals surface area contributed by atoms with Gasteiger partial charge in [0.2, 0.25) is 0 Å². The van der Waals surface area contributed by atoms with E-state index in [0.29, 0.717) is 0 Å². The number of carbonyl (C=O) groups excluding carboxylic acids is 1. The number of amides is 1. The van der Waals surface area contributed by atoms with Crippen LogP contribution in [0.3, 0.4) is 0 Å². The van der Waals surface area contributed by atoms with Gasteiger partial charge in [-0.3, -0.25) is 4.79 Å². The summed E-state index contributed by atoms with van der Waals surface area (Å²) in [4.78, 5) is 13.5. The van der Waals surface area contributed by atoms with E-state index in [-0.39, 0.29) is 11.3 Å². The molecule has 0 aliphatic carbocycles. The molecule has 1 unspecified atom stereocenters. The van der Waals surface area contributed by atoms with E-state index in [2.05, 4.69) is 26.8 Å². The summed E-state index contributed by atoms with van der Waals surface area (Å²) in [6.45, 7) is 8.24. The summed E-state index contributed by atoms with van der Waals surface area (Å²) >= 11 is 0. The maximum atomic E-state index is 11.8. The predicted octanol–water partition coefficient (Wildman–Crippen LogP) is 2.73. The highest BCUT2D eigenvalue weighted by atomic mass is 16.5. The van der Waals surface area contributed by atoms with Crippen LogP contribution in [0.5, 0.6) is 5.75 Å². The van der Waals surface area contributed by atoms with Gasteiger partial charge >= 0.3 is 0 Å². The van der Waals surface area contributed by atoms with Crippen molar-refractivity contribution in [1.29, 1.82) is 0 Å². The van der Waals surface area contributed by atoms with Crippen molar-refractivity contribution in [2.24, 2.45) is 0 Å². The van der Waals surface area contributed by atoms with E-state index >= 15 is 0 Å². The van der Waals surface area contributed by atoms with Gasteiger partial charge < -0.3 is 9.64 Å². The van der Waals surface area contributed by atoms with Gasteiger partial charge in [-0.25, -0.2) is 0 Å². The molecule has 17 heavy (non-hydrogen) atoms. The Bertz CT molecular complexity index is 460. The van der Waals surface area contributed by atoms with E-state index in [1.165, 1.54) is 5.56 Å². The van der Waals surface area contributed by atoms with Gasteiger partial charge in [0, 0.05) is 7.05 Å². The van der Waals surface area contributed by atoms with E-state index in [1.54, 1.807) is 18.9 Å². The molecule has 0 N–H and O–H groups in total. The third-order valence-electron chi connectivity index (χ3n) is 3.17. The summed E-state index contributed by atoms with van der Waals surface area (Å²) in [5.41, 5.74) is 2.14. The zero-order valence-corrected chi connectivity index (χ0v) is 11.1. The second kappa shape index (κ2) is 3.76. The summed E-state index contributed by atoms with van der Waals surface area (Å²) in [6.07, 6.45) is -0.395. The molecule has 1 aromatic carbocycles. The average molecular weight is 233 g/mol. The van der Waals surface area contributed by atoms with Crippen LogP contribution in [0.15, 0.2) is 18.2 Å². The van der Waals surface area contributed by atoms with Gasteiger partial charge in [0.15, 0.2) is 6.10 Å². The molecule has 1 aliphatic rings. The Morgan fingerprint density at radius 2 is 1.94 bits per heavy atom. The van der Waals surface area contributed by atoms with Crippen LogP contribution < -0.4 is 9.64 Å². The number of ether oxygens (including phenoxy) is 1. The Morgan fingerprint density at radius 3 is 2.53 bits per heavy atom. The van der Waals surface area contributed by atoms with Crippen molar-refractivity contribution in [3.05, 3.63) is 23.8 Å². The van der Waals surface area contributed by atoms with Crippen LogP contribution in [-0.2, 0) is 10.2 Å². The first-order valence-corrected chi connectivity index (χ1v) is 5.89. The molecule has 92 valence electrons. The molecular formula is C14H19NO2. The fraction of sp³-hybridized carbons (Fsp3) is 0.500. The Morgan fingerprint density at radius 1 is 1.29 bits per heavy atom. The molecule has 3 heteroatoms. The molecule has 0 fully saturated rings. The van der Waals surface area contributed by atoms with E-state index in [9.17, 15) is 4.79 Å². The normalized spacial score (nSPS) is 19.9. The highest BCUT2D eigenvalue weighted by Crippen LogP contribution is 2.36. The second-order valence-electron chi connectivity index (χ2n) is 5.59. The highest BCUT2D eigenvalue weighted by molar-refractivity contribution is 5.99. The molecule has 1 aromatic rings. The maximum Gasteiger partial charge on any atom is 0.267 e. The van der Waals surface area contributed by atoms with Crippen molar-refractivity contribution < 1.29 is 9.53 Å². The molecule has 0 radical (unpaired) electrons. The highest BCUT2D eigenvalue weighted by Gasteiger charge is 2.29. The van der Waals surface area contributed by atoms with Crippen molar-refractivity contribution in [1.82, 2.24) is 0 Å². The second-order valence-corrected chi connectivity index (χ2v) is 5.59. The standard InChI is InChI=1S/C14H19NO2/c1-9-13(16)15(5)11-8-10(14(2,3)4)6-7-12(11)17-9/h6-9H,1-5H3. The lowest BCUT2D eigenvalue weighted by atomic mass is 9.86. The Balaban J connectivity index is 2.49. The summed E-state index contributed by atoms with van der Waals surface area (Å²) in [5.74, 6) is 0.788. The van der Waals surface area contributed by atoms with Gasteiger partial charge in [-0.2, -0.15) is 0 Å². The molecule has 1 aliphatic heterocycles. The fourth-order valence-electron chi connectivity index (χ4n) is 1.98. The quantitative estimate of drug-likeness (QED) is 0.689. The number of anilines is 1. The number of benzene rings is 1. The van der Waals surface area contributed by atoms with Crippen molar-refractivity contribution in [3.8, 4) is 5.75 Å². The third kappa shape index (κ3) is 2.02. The average Bonchev–Trinajstić information content (AvgIpc) is 2.24. The van der Waals surface area contributed by atoms with Gasteiger partial charge in [0.05, 0.1) is 5.69 Å². The van der Waals surface area contributed by atoms with Crippen LogP contribution >= 0.6 is 0 Å². The molecule has 3 nitrogen and oxygen atoms in total. The lowest BCUT2D eigenvalue weighted by Crippen LogP contribution is -2.42. The predicted molar refractivity (Wildman–Crippen MR) is 68.6 cm³/mol. The molecule has 0 bridgehead atoms. The molecule has 0 saturated heterocycles. The van der Waals surface area contributed by atoms with Gasteiger partial charge in [-0.05, 0) is 30.0 Å². The van der Waals surface area contributed by atoms with Crippen LogP contribution in [0.25, 0.3) is 0 Å². The van der Waals surface area contributed by atoms with Gasteiger partial charge in [-0.15, -0.1) is 0 Å². The molecule has 1 atom stereocenters. The molecule has 1 amide bonds. The Labute approximate surface area is 102 Å². The number of rotatable bonds is 0. The monoisotopic (exact) mass is 233 g/mol. The number of hydrogen-bond donors (Lipinski definition) is 0. The molecular weight excluding hydrogens is 214 g/mol. The third-order valence-corrected chi connectivity index (χ3v) is 3.17. The van der Waals surface area contributed by atoms with Gasteiger partial charge in [0.1, 0.15) is 5.75 Å². The van der Waals surface area contributed by atoms with Crippen LogP contribution in [0, 0.1) is 0 Å². The minimum absolute atomic E-state index is 0.00330. The number of likely N-dealkylation sites (N-methyl/N-ethyl adjacent to an activating group) is 1. The van der Waals surface area contributed by atoms with Crippen molar-refractivity contribution >= 4 is 11.6 Å². The fourth-order valence-corrected chi connectivity index (χ4v) is 1.98. The van der Waals surface area contributed by atoms with E-state index < -0.39 is 6.10 Å². The van der Waals surface area contributed by atoms with Crippen molar-refractivity contribution in [2.45, 2.75) is 39.2 Å². The first-order chi connectivity index (χ1) is 7.80. The van der Waals surface area contributed by atoms with E-state index in [0.717, 1.165) is 11.4 Å². The van der Waals surface area contributed by atoms with Crippen LogP contribution in [0.2, 0.25) is 0 Å². The SMILES string of the molecule is CC1Oc2ccc(C(C)(C)C)cc2N(C)C1=O. The summed E-state index contributed by atoms with van der Waals surface area (Å²) in [5, 5.41) is 0. The molecule has 2 rings (SSSR count). The minimum Gasteiger partial charge on any atom is -0.479 e. The largest absolute Gasteiger partial charge is 0.479 e. The lowest BCUT2D eigenvalue weighted by Gasteiger charge is -2.32. The van der Waals surface area contributed by atoms with Gasteiger partial charge in [-0.1, -0.05) is 26.8 Å². The van der Waals surface area contributed by atoms with Crippen LogP contribution in [0.1, 0.15) is 33.3 Å². The van der Waals surface area contributed by atoms with Crippen molar-refractivity contribution in [2.75, 3.05) is 11.9 Å². The minimum atomic E-state index is -0.395. The Hall–Kier alpha value is -1.51. The smallest absolute Gasteiger partial charge is 0.267 e. The van der Waals surface area contributed by atoms with Crippen LogP contribution in [-0.4, -0.2) is 19.1 Å². The summed E-state index contributed by atoms with van der Waals surface area (Å²) in [6, 6.07) is 6.06. The maximum absolute atomic E-state index is 11.8. The number of hydrogen-bond acceptors (Lipinski definition) is 2. The molecule has 0 saturated carbocycles. The van der Waals surface area contributed by atoms with E-state index in [4.69, 9.17) is 4.74 Å². The molecule has 0 spiro atoms. The lowest BCUT2D eigenvalue weighted by molar-refractivity contribution is -0.125. The zero-order chi connectivity index (χ0) is 12.8. The first-order valence-electron chi connectivity index (χ1n) is 5.89. The first kappa shape index (κ1) is 12.0. The topological polar surface area (TPSA) is 29.5 Å². The summed E-state index contributed by atoms with van der Waals surface area (Å²) in [7, 11) is 1.80. The van der Waals surface area contributed by atoms with E-state index in [1.807, 2.05) is 12.1 Å². The number of fused-ring (bicyclic) bond motifs is 1. The molecule has 1 heterocycles. The zero-order valence-electron chi connectivity index (χ0n) is 11.1.